The smallest absolute Gasteiger partial charge is 0.142 e. The van der Waals surface area contributed by atoms with Crippen molar-refractivity contribution < 1.29 is 4.74 Å². The van der Waals surface area contributed by atoms with Gasteiger partial charge in [-0.2, -0.15) is 0 Å². The zero-order valence-electron chi connectivity index (χ0n) is 15.6. The van der Waals surface area contributed by atoms with Crippen LogP contribution in [0.5, 0.6) is 5.75 Å². The molecule has 4 heteroatoms. The van der Waals surface area contributed by atoms with Gasteiger partial charge in [0.2, 0.25) is 0 Å². The molecule has 0 bridgehead atoms. The van der Waals surface area contributed by atoms with Crippen molar-refractivity contribution >= 4 is 43.8 Å². The average Bonchev–Trinajstić information content (AvgIpc) is 2.63. The fourth-order valence-corrected chi connectivity index (χ4v) is 4.04. The van der Waals surface area contributed by atoms with Crippen LogP contribution in [0.3, 0.4) is 0 Å². The number of ether oxygens (including phenoxy) is 1. The van der Waals surface area contributed by atoms with Crippen molar-refractivity contribution in [1.82, 2.24) is 0 Å². The molecule has 0 fully saturated rings. The lowest BCUT2D eigenvalue weighted by Gasteiger charge is -2.12. The molecule has 0 radical (unpaired) electrons. The Kier molecular flexibility index (Phi) is 6.51. The van der Waals surface area contributed by atoms with Gasteiger partial charge in [0.1, 0.15) is 12.4 Å². The molecular weight excluding hydrogens is 466 g/mol. The first kappa shape index (κ1) is 19.8. The van der Waals surface area contributed by atoms with Crippen molar-refractivity contribution in [3.8, 4) is 5.75 Å². The zero-order chi connectivity index (χ0) is 19.4. The quantitative estimate of drug-likeness (QED) is 0.343. The first-order valence-electron chi connectivity index (χ1n) is 8.71. The third-order valence-electron chi connectivity index (χ3n) is 4.25. The Balaban J connectivity index is 1.89. The number of hydrogen-bond donors (Lipinski definition) is 0. The molecule has 0 saturated heterocycles. The van der Waals surface area contributed by atoms with Gasteiger partial charge in [0, 0.05) is 16.3 Å². The molecule has 138 valence electrons. The normalized spacial score (nSPS) is 11.1. The Morgan fingerprint density at radius 2 is 1.59 bits per heavy atom. The van der Waals surface area contributed by atoms with Gasteiger partial charge in [-0.25, -0.2) is 0 Å². The Morgan fingerprint density at radius 3 is 2.33 bits per heavy atom. The summed E-state index contributed by atoms with van der Waals surface area (Å²) < 4.78 is 8.00. The predicted octanol–water partition coefficient (Wildman–Crippen LogP) is 7.47. The van der Waals surface area contributed by atoms with Crippen LogP contribution in [-0.4, -0.2) is 6.21 Å². The number of halogens is 2. The second-order valence-corrected chi connectivity index (χ2v) is 8.40. The first-order chi connectivity index (χ1) is 12.9. The summed E-state index contributed by atoms with van der Waals surface area (Å²) in [4.78, 5) is 4.70. The summed E-state index contributed by atoms with van der Waals surface area (Å²) in [5.41, 5.74) is 6.60. The Hall–Kier alpha value is -1.91. The van der Waals surface area contributed by atoms with E-state index >= 15 is 0 Å². The highest BCUT2D eigenvalue weighted by atomic mass is 79.9. The molecule has 27 heavy (non-hydrogen) atoms. The van der Waals surface area contributed by atoms with Crippen LogP contribution in [0.25, 0.3) is 0 Å². The minimum absolute atomic E-state index is 0.505. The fourth-order valence-electron chi connectivity index (χ4n) is 2.67. The molecule has 0 aliphatic carbocycles. The van der Waals surface area contributed by atoms with E-state index in [-0.39, 0.29) is 0 Å². The van der Waals surface area contributed by atoms with Crippen LogP contribution < -0.4 is 4.74 Å². The van der Waals surface area contributed by atoms with E-state index in [0.717, 1.165) is 37.1 Å². The Morgan fingerprint density at radius 1 is 0.889 bits per heavy atom. The highest BCUT2D eigenvalue weighted by Gasteiger charge is 2.10. The maximum atomic E-state index is 6.13. The molecule has 0 heterocycles. The van der Waals surface area contributed by atoms with Crippen LogP contribution in [0, 0.1) is 20.8 Å². The van der Waals surface area contributed by atoms with Gasteiger partial charge in [0.25, 0.3) is 0 Å². The third kappa shape index (κ3) is 5.30. The van der Waals surface area contributed by atoms with Crippen LogP contribution in [0.2, 0.25) is 0 Å². The molecule has 2 nitrogen and oxygen atoms in total. The van der Waals surface area contributed by atoms with Gasteiger partial charge in [-0.05, 0) is 71.6 Å². The molecule has 3 aromatic carbocycles. The van der Waals surface area contributed by atoms with Gasteiger partial charge in [-0.3, -0.25) is 4.99 Å². The van der Waals surface area contributed by atoms with E-state index in [4.69, 9.17) is 9.73 Å². The number of rotatable bonds is 5. The van der Waals surface area contributed by atoms with Gasteiger partial charge < -0.3 is 4.74 Å². The minimum Gasteiger partial charge on any atom is -0.487 e. The van der Waals surface area contributed by atoms with Crippen molar-refractivity contribution in [3.63, 3.8) is 0 Å². The van der Waals surface area contributed by atoms with Crippen LogP contribution in [0.1, 0.15) is 27.8 Å². The van der Waals surface area contributed by atoms with E-state index < -0.39 is 0 Å². The lowest BCUT2D eigenvalue weighted by atomic mass is 10.1. The molecular formula is C23H21Br2NO. The summed E-state index contributed by atoms with van der Waals surface area (Å²) in [5, 5.41) is 0. The van der Waals surface area contributed by atoms with Gasteiger partial charge in [-0.1, -0.05) is 57.9 Å². The highest BCUT2D eigenvalue weighted by molar-refractivity contribution is 9.11. The van der Waals surface area contributed by atoms with Crippen LogP contribution >= 0.6 is 31.9 Å². The lowest BCUT2D eigenvalue weighted by Crippen LogP contribution is -2.00. The second kappa shape index (κ2) is 8.85. The second-order valence-electron chi connectivity index (χ2n) is 6.63. The zero-order valence-corrected chi connectivity index (χ0v) is 18.8. The molecule has 0 unspecified atom stereocenters. The number of aryl methyl sites for hydroxylation is 3. The van der Waals surface area contributed by atoms with Crippen LogP contribution in [0.4, 0.5) is 5.69 Å². The maximum Gasteiger partial charge on any atom is 0.142 e. The number of nitrogens with zero attached hydrogens (tertiary/aromatic N) is 1. The van der Waals surface area contributed by atoms with Gasteiger partial charge in [0.15, 0.2) is 0 Å². The largest absolute Gasteiger partial charge is 0.487 e. The summed E-state index contributed by atoms with van der Waals surface area (Å²) in [6.07, 6.45) is 1.86. The molecule has 0 saturated carbocycles. The number of benzene rings is 3. The molecule has 0 spiro atoms. The predicted molar refractivity (Wildman–Crippen MR) is 121 cm³/mol. The molecule has 0 aliphatic heterocycles. The topological polar surface area (TPSA) is 21.6 Å². The van der Waals surface area contributed by atoms with E-state index in [0.29, 0.717) is 6.61 Å². The molecule has 0 aromatic heterocycles. The molecule has 0 amide bonds. The standard InChI is InChI=1S/C23H21Br2NO/c1-15-5-8-18(9-6-15)14-27-23-19(11-20(24)12-21(23)25)13-26-22-10-16(2)4-7-17(22)3/h4-13H,14H2,1-3H3. The minimum atomic E-state index is 0.505. The van der Waals surface area contributed by atoms with Gasteiger partial charge in [-0.15, -0.1) is 0 Å². The highest BCUT2D eigenvalue weighted by Crippen LogP contribution is 2.33. The van der Waals surface area contributed by atoms with Crippen molar-refractivity contribution in [2.45, 2.75) is 27.4 Å². The van der Waals surface area contributed by atoms with Gasteiger partial charge in [0.05, 0.1) is 10.2 Å². The molecule has 3 rings (SSSR count). The van der Waals surface area contributed by atoms with Crippen molar-refractivity contribution in [2.24, 2.45) is 4.99 Å². The van der Waals surface area contributed by atoms with Crippen LogP contribution in [-0.2, 0) is 6.61 Å². The summed E-state index contributed by atoms with van der Waals surface area (Å²) in [7, 11) is 0. The van der Waals surface area contributed by atoms with Crippen molar-refractivity contribution in [2.75, 3.05) is 0 Å². The van der Waals surface area contributed by atoms with Crippen molar-refractivity contribution in [1.29, 1.82) is 0 Å². The fraction of sp³-hybridized carbons (Fsp3) is 0.174. The van der Waals surface area contributed by atoms with E-state index in [1.54, 1.807) is 0 Å². The molecule has 0 aliphatic rings. The summed E-state index contributed by atoms with van der Waals surface area (Å²) in [6, 6.07) is 18.7. The molecule has 0 N–H and O–H groups in total. The number of hydrogen-bond acceptors (Lipinski definition) is 2. The van der Waals surface area contributed by atoms with E-state index in [9.17, 15) is 0 Å². The molecule has 3 aromatic rings. The van der Waals surface area contributed by atoms with E-state index in [1.165, 1.54) is 11.1 Å². The maximum absolute atomic E-state index is 6.13. The first-order valence-corrected chi connectivity index (χ1v) is 10.3. The Labute approximate surface area is 177 Å². The number of aliphatic imine (C=N–C) groups is 1. The summed E-state index contributed by atoms with van der Waals surface area (Å²) >= 11 is 7.18. The molecule has 0 atom stereocenters. The Bertz CT molecular complexity index is 978. The SMILES string of the molecule is Cc1ccc(COc2c(Br)cc(Br)cc2C=Nc2cc(C)ccc2C)cc1. The average molecular weight is 487 g/mol. The summed E-state index contributed by atoms with van der Waals surface area (Å²) in [5.74, 6) is 0.785. The van der Waals surface area contributed by atoms with E-state index in [2.05, 4.69) is 95.1 Å². The van der Waals surface area contributed by atoms with E-state index in [1.807, 2.05) is 18.3 Å². The van der Waals surface area contributed by atoms with Crippen molar-refractivity contribution in [3.05, 3.63) is 91.4 Å². The lowest BCUT2D eigenvalue weighted by molar-refractivity contribution is 0.304. The monoisotopic (exact) mass is 485 g/mol. The third-order valence-corrected chi connectivity index (χ3v) is 5.30. The van der Waals surface area contributed by atoms with Gasteiger partial charge >= 0.3 is 0 Å². The van der Waals surface area contributed by atoms with Crippen LogP contribution in [0.15, 0.2) is 68.5 Å². The summed E-state index contributed by atoms with van der Waals surface area (Å²) in [6.45, 7) is 6.73.